The predicted octanol–water partition coefficient (Wildman–Crippen LogP) is 2.49. The number of aliphatic hydroxyl groups excluding tert-OH is 1. The first-order chi connectivity index (χ1) is 9.66. The van der Waals surface area contributed by atoms with Crippen LogP contribution in [0.15, 0.2) is 48.5 Å². The van der Waals surface area contributed by atoms with Crippen LogP contribution in [0.4, 0.5) is 0 Å². The molecule has 0 bridgehead atoms. The van der Waals surface area contributed by atoms with Gasteiger partial charge in [-0.3, -0.25) is 0 Å². The molecule has 0 aliphatic rings. The van der Waals surface area contributed by atoms with Crippen molar-refractivity contribution in [3.8, 4) is 5.75 Å². The number of aryl methyl sites for hydroxylation is 1. The summed E-state index contributed by atoms with van der Waals surface area (Å²) in [5.74, 6) is 0.811. The Hall–Kier alpha value is -1.28. The van der Waals surface area contributed by atoms with Gasteiger partial charge in [0, 0.05) is 0 Å². The first kappa shape index (κ1) is 15.1. The van der Waals surface area contributed by atoms with Crippen LogP contribution in [0.3, 0.4) is 0 Å². The monoisotopic (exact) mass is 336 g/mol. The van der Waals surface area contributed by atoms with Gasteiger partial charge in [0.1, 0.15) is 0 Å². The first-order valence-corrected chi connectivity index (χ1v) is 8.78. The van der Waals surface area contributed by atoms with Crippen molar-refractivity contribution in [1.82, 2.24) is 0 Å². The van der Waals surface area contributed by atoms with Crippen molar-refractivity contribution in [2.45, 2.75) is 25.3 Å². The summed E-state index contributed by atoms with van der Waals surface area (Å²) in [6, 6.07) is 16.0. The van der Waals surface area contributed by atoms with Crippen LogP contribution >= 0.6 is 0 Å². The SMILES string of the molecule is Cc1cccc([Se]CC(O)COc2ccccc2)c1C. The zero-order chi connectivity index (χ0) is 14.4. The Morgan fingerprint density at radius 3 is 2.55 bits per heavy atom. The van der Waals surface area contributed by atoms with Crippen LogP contribution in [0.1, 0.15) is 11.1 Å². The summed E-state index contributed by atoms with van der Waals surface area (Å²) in [7, 11) is 0. The van der Waals surface area contributed by atoms with E-state index in [-0.39, 0.29) is 15.0 Å². The molecule has 0 saturated heterocycles. The van der Waals surface area contributed by atoms with Gasteiger partial charge in [0.25, 0.3) is 0 Å². The van der Waals surface area contributed by atoms with Gasteiger partial charge in [-0.25, -0.2) is 0 Å². The van der Waals surface area contributed by atoms with E-state index in [9.17, 15) is 5.11 Å². The van der Waals surface area contributed by atoms with Gasteiger partial charge in [0.2, 0.25) is 0 Å². The molecule has 0 aliphatic carbocycles. The maximum absolute atomic E-state index is 10.0. The normalized spacial score (nSPS) is 12.2. The number of rotatable bonds is 6. The molecule has 0 saturated carbocycles. The van der Waals surface area contributed by atoms with E-state index in [2.05, 4.69) is 32.0 Å². The fraction of sp³-hybridized carbons (Fsp3) is 0.294. The van der Waals surface area contributed by atoms with Gasteiger partial charge < -0.3 is 0 Å². The molecule has 2 rings (SSSR count). The average molecular weight is 335 g/mol. The molecule has 20 heavy (non-hydrogen) atoms. The molecule has 1 atom stereocenters. The summed E-state index contributed by atoms with van der Waals surface area (Å²) in [4.78, 5) is 0. The first-order valence-electron chi connectivity index (χ1n) is 6.71. The Balaban J connectivity index is 1.80. The van der Waals surface area contributed by atoms with Crippen LogP contribution in [0, 0.1) is 13.8 Å². The van der Waals surface area contributed by atoms with Crippen molar-refractivity contribution in [3.63, 3.8) is 0 Å². The van der Waals surface area contributed by atoms with Gasteiger partial charge in [-0.15, -0.1) is 0 Å². The summed E-state index contributed by atoms with van der Waals surface area (Å²) in [5.41, 5.74) is 2.67. The van der Waals surface area contributed by atoms with E-state index < -0.39 is 6.10 Å². The van der Waals surface area contributed by atoms with Crippen molar-refractivity contribution >= 4 is 19.4 Å². The fourth-order valence-electron chi connectivity index (χ4n) is 1.82. The third-order valence-electron chi connectivity index (χ3n) is 3.17. The Kier molecular flexibility index (Phi) is 5.66. The van der Waals surface area contributed by atoms with Crippen LogP contribution in [-0.2, 0) is 0 Å². The van der Waals surface area contributed by atoms with E-state index in [0.29, 0.717) is 6.61 Å². The van der Waals surface area contributed by atoms with Gasteiger partial charge in [-0.1, -0.05) is 0 Å². The van der Waals surface area contributed by atoms with E-state index in [4.69, 9.17) is 4.74 Å². The Labute approximate surface area is 127 Å². The number of para-hydroxylation sites is 1. The molecule has 2 aromatic carbocycles. The molecule has 0 amide bonds. The number of hydrogen-bond donors (Lipinski definition) is 1. The summed E-state index contributed by atoms with van der Waals surface area (Å²) >= 11 is 0.287. The van der Waals surface area contributed by atoms with E-state index in [1.54, 1.807) is 0 Å². The van der Waals surface area contributed by atoms with Crippen molar-refractivity contribution < 1.29 is 9.84 Å². The van der Waals surface area contributed by atoms with E-state index in [1.807, 2.05) is 30.3 Å². The quantitative estimate of drug-likeness (QED) is 0.822. The molecular weight excluding hydrogens is 315 g/mol. The van der Waals surface area contributed by atoms with Crippen molar-refractivity contribution in [3.05, 3.63) is 59.7 Å². The minimum atomic E-state index is -0.407. The van der Waals surface area contributed by atoms with Gasteiger partial charge in [-0.05, 0) is 0 Å². The zero-order valence-electron chi connectivity index (χ0n) is 11.9. The van der Waals surface area contributed by atoms with Gasteiger partial charge in [-0.2, -0.15) is 0 Å². The fourth-order valence-corrected chi connectivity index (χ4v) is 3.96. The molecular formula is C17H20O2Se. The summed E-state index contributed by atoms with van der Waals surface area (Å²) in [6.45, 7) is 4.64. The summed E-state index contributed by atoms with van der Waals surface area (Å²) in [6.07, 6.45) is -0.407. The number of ether oxygens (including phenoxy) is 1. The molecule has 0 radical (unpaired) electrons. The van der Waals surface area contributed by atoms with Crippen LogP contribution in [-0.4, -0.2) is 32.8 Å². The number of benzene rings is 2. The second kappa shape index (κ2) is 7.49. The van der Waals surface area contributed by atoms with Crippen LogP contribution in [0.25, 0.3) is 0 Å². The Bertz CT molecular complexity index is 540. The second-order valence-corrected chi connectivity index (χ2v) is 7.01. The number of hydrogen-bond acceptors (Lipinski definition) is 2. The molecule has 0 spiro atoms. The average Bonchev–Trinajstić information content (AvgIpc) is 2.48. The molecule has 0 aliphatic heterocycles. The standard InChI is InChI=1S/C17H20O2Se/c1-13-7-6-10-17(14(13)2)20-12-15(18)11-19-16-8-4-3-5-9-16/h3-10,15,18H,11-12H2,1-2H3. The Morgan fingerprint density at radius 2 is 1.80 bits per heavy atom. The molecule has 1 unspecified atom stereocenters. The summed E-state index contributed by atoms with van der Waals surface area (Å²) in [5, 5.41) is 10.8. The van der Waals surface area contributed by atoms with Crippen LogP contribution < -0.4 is 9.20 Å². The van der Waals surface area contributed by atoms with Gasteiger partial charge in [0.05, 0.1) is 0 Å². The Morgan fingerprint density at radius 1 is 1.05 bits per heavy atom. The van der Waals surface area contributed by atoms with Crippen molar-refractivity contribution in [1.29, 1.82) is 0 Å². The zero-order valence-corrected chi connectivity index (χ0v) is 13.6. The molecule has 2 nitrogen and oxygen atoms in total. The third-order valence-corrected chi connectivity index (χ3v) is 5.91. The van der Waals surface area contributed by atoms with Crippen LogP contribution in [0.2, 0.25) is 5.32 Å². The van der Waals surface area contributed by atoms with Gasteiger partial charge >= 0.3 is 127 Å². The molecule has 106 valence electrons. The minimum absolute atomic E-state index is 0.287. The second-order valence-electron chi connectivity index (χ2n) is 4.79. The molecule has 0 fully saturated rings. The van der Waals surface area contributed by atoms with E-state index >= 15 is 0 Å². The maximum atomic E-state index is 10.0. The molecule has 0 aromatic heterocycles. The van der Waals surface area contributed by atoms with Gasteiger partial charge in [0.15, 0.2) is 0 Å². The third kappa shape index (κ3) is 4.38. The van der Waals surface area contributed by atoms with Crippen molar-refractivity contribution in [2.24, 2.45) is 0 Å². The molecule has 2 aromatic rings. The molecule has 0 heterocycles. The van der Waals surface area contributed by atoms with E-state index in [0.717, 1.165) is 11.1 Å². The van der Waals surface area contributed by atoms with Crippen LogP contribution in [0.5, 0.6) is 5.75 Å². The molecule has 3 heteroatoms. The number of aliphatic hydroxyl groups is 1. The predicted molar refractivity (Wildman–Crippen MR) is 84.1 cm³/mol. The topological polar surface area (TPSA) is 29.5 Å². The summed E-state index contributed by atoms with van der Waals surface area (Å²) < 4.78 is 6.94. The van der Waals surface area contributed by atoms with Crippen molar-refractivity contribution in [2.75, 3.05) is 6.61 Å². The molecule has 1 N–H and O–H groups in total. The van der Waals surface area contributed by atoms with E-state index in [1.165, 1.54) is 15.6 Å².